The molecule has 1 aromatic rings. The van der Waals surface area contributed by atoms with Crippen molar-refractivity contribution in [2.24, 2.45) is 5.73 Å². The van der Waals surface area contributed by atoms with Crippen LogP contribution in [0, 0.1) is 17.0 Å². The Labute approximate surface area is 95.0 Å². The first-order chi connectivity index (χ1) is 7.56. The van der Waals surface area contributed by atoms with E-state index in [1.165, 1.54) is 0 Å². The molecule has 0 saturated heterocycles. The Morgan fingerprint density at radius 1 is 1.50 bits per heavy atom. The van der Waals surface area contributed by atoms with Gasteiger partial charge in [-0.05, 0) is 32.0 Å². The van der Waals surface area contributed by atoms with E-state index in [1.807, 2.05) is 18.0 Å². The first-order valence-corrected chi connectivity index (χ1v) is 5.22. The van der Waals surface area contributed by atoms with Crippen molar-refractivity contribution in [3.05, 3.63) is 33.9 Å². The van der Waals surface area contributed by atoms with Crippen LogP contribution in [0.2, 0.25) is 0 Å². The van der Waals surface area contributed by atoms with Crippen molar-refractivity contribution in [3.8, 4) is 0 Å². The van der Waals surface area contributed by atoms with Gasteiger partial charge in [0.15, 0.2) is 0 Å². The molecule has 2 N–H and O–H groups in total. The number of aryl methyl sites for hydroxylation is 1. The number of nitrogens with two attached hydrogens (primary N) is 1. The van der Waals surface area contributed by atoms with E-state index in [-0.39, 0.29) is 10.6 Å². The smallest absolute Gasteiger partial charge is 0.272 e. The van der Waals surface area contributed by atoms with Crippen molar-refractivity contribution in [1.29, 1.82) is 0 Å². The molecule has 0 radical (unpaired) electrons. The Morgan fingerprint density at radius 2 is 2.19 bits per heavy atom. The van der Waals surface area contributed by atoms with E-state index in [0.29, 0.717) is 12.1 Å². The predicted octanol–water partition coefficient (Wildman–Crippen LogP) is 1.69. The second-order valence-corrected chi connectivity index (χ2v) is 3.79. The molecular formula is C11H17N3O2. The standard InChI is InChI=1S/C11H17N3O2/c1-9-8-10(13(2)7-3-6-12)4-5-11(9)14(15)16/h4-5,8H,3,6-7,12H2,1-2H3. The fraction of sp³-hybridized carbons (Fsp3) is 0.455. The largest absolute Gasteiger partial charge is 0.375 e. The van der Waals surface area contributed by atoms with Crippen LogP contribution >= 0.6 is 0 Å². The average Bonchev–Trinajstić information content (AvgIpc) is 2.25. The van der Waals surface area contributed by atoms with Gasteiger partial charge in [0, 0.05) is 30.9 Å². The molecule has 88 valence electrons. The van der Waals surface area contributed by atoms with Gasteiger partial charge in [0.25, 0.3) is 5.69 Å². The molecule has 0 aliphatic carbocycles. The van der Waals surface area contributed by atoms with E-state index in [2.05, 4.69) is 0 Å². The summed E-state index contributed by atoms with van der Waals surface area (Å²) in [6, 6.07) is 5.14. The number of anilines is 1. The highest BCUT2D eigenvalue weighted by Gasteiger charge is 2.11. The highest BCUT2D eigenvalue weighted by atomic mass is 16.6. The summed E-state index contributed by atoms with van der Waals surface area (Å²) in [5, 5.41) is 10.7. The van der Waals surface area contributed by atoms with Gasteiger partial charge in [0.05, 0.1) is 4.92 Å². The average molecular weight is 223 g/mol. The number of benzene rings is 1. The number of nitro benzene ring substituents is 1. The number of hydrogen-bond donors (Lipinski definition) is 1. The molecule has 0 spiro atoms. The zero-order valence-corrected chi connectivity index (χ0v) is 9.64. The highest BCUT2D eigenvalue weighted by molar-refractivity contribution is 5.54. The molecule has 0 unspecified atom stereocenters. The van der Waals surface area contributed by atoms with Crippen molar-refractivity contribution in [3.63, 3.8) is 0 Å². The van der Waals surface area contributed by atoms with Gasteiger partial charge in [0.2, 0.25) is 0 Å². The molecule has 0 heterocycles. The van der Waals surface area contributed by atoms with Gasteiger partial charge in [0.1, 0.15) is 0 Å². The van der Waals surface area contributed by atoms with Crippen molar-refractivity contribution >= 4 is 11.4 Å². The Hall–Kier alpha value is -1.62. The third kappa shape index (κ3) is 2.93. The molecule has 0 bridgehead atoms. The molecule has 0 aliphatic rings. The summed E-state index contributed by atoms with van der Waals surface area (Å²) in [5.41, 5.74) is 7.26. The Balaban J connectivity index is 2.84. The number of nitro groups is 1. The monoisotopic (exact) mass is 223 g/mol. The summed E-state index contributed by atoms with van der Waals surface area (Å²) in [5.74, 6) is 0. The quantitative estimate of drug-likeness (QED) is 0.609. The summed E-state index contributed by atoms with van der Waals surface area (Å²) in [4.78, 5) is 12.3. The maximum atomic E-state index is 10.7. The van der Waals surface area contributed by atoms with Gasteiger partial charge in [-0.3, -0.25) is 10.1 Å². The fourth-order valence-corrected chi connectivity index (χ4v) is 1.54. The molecule has 1 aromatic carbocycles. The number of nitrogens with zero attached hydrogens (tertiary/aromatic N) is 2. The van der Waals surface area contributed by atoms with Crippen molar-refractivity contribution in [2.45, 2.75) is 13.3 Å². The third-order valence-electron chi connectivity index (χ3n) is 2.52. The van der Waals surface area contributed by atoms with E-state index in [9.17, 15) is 10.1 Å². The van der Waals surface area contributed by atoms with Gasteiger partial charge in [-0.25, -0.2) is 0 Å². The molecule has 0 aliphatic heterocycles. The minimum Gasteiger partial charge on any atom is -0.375 e. The van der Waals surface area contributed by atoms with Crippen molar-refractivity contribution in [2.75, 3.05) is 25.0 Å². The molecule has 16 heavy (non-hydrogen) atoms. The van der Waals surface area contributed by atoms with Crippen molar-refractivity contribution < 1.29 is 4.92 Å². The van der Waals surface area contributed by atoms with Crippen LogP contribution in [0.15, 0.2) is 18.2 Å². The lowest BCUT2D eigenvalue weighted by Gasteiger charge is -2.19. The van der Waals surface area contributed by atoms with Crippen LogP contribution < -0.4 is 10.6 Å². The van der Waals surface area contributed by atoms with E-state index in [4.69, 9.17) is 5.73 Å². The maximum absolute atomic E-state index is 10.7. The minimum atomic E-state index is -0.362. The number of hydrogen-bond acceptors (Lipinski definition) is 4. The van der Waals surface area contributed by atoms with E-state index >= 15 is 0 Å². The van der Waals surface area contributed by atoms with Crippen LogP contribution in [0.4, 0.5) is 11.4 Å². The lowest BCUT2D eigenvalue weighted by Crippen LogP contribution is -2.21. The molecule has 0 atom stereocenters. The molecular weight excluding hydrogens is 206 g/mol. The van der Waals surface area contributed by atoms with Crippen LogP contribution in [0.1, 0.15) is 12.0 Å². The SMILES string of the molecule is Cc1cc(N(C)CCCN)ccc1[N+](=O)[O-]. The molecule has 0 amide bonds. The van der Waals surface area contributed by atoms with Gasteiger partial charge in [-0.2, -0.15) is 0 Å². The summed E-state index contributed by atoms with van der Waals surface area (Å²) < 4.78 is 0. The minimum absolute atomic E-state index is 0.163. The van der Waals surface area contributed by atoms with Crippen LogP contribution in [-0.2, 0) is 0 Å². The van der Waals surface area contributed by atoms with Crippen LogP contribution in [0.3, 0.4) is 0 Å². The van der Waals surface area contributed by atoms with Gasteiger partial charge in [-0.1, -0.05) is 0 Å². The summed E-state index contributed by atoms with van der Waals surface area (Å²) >= 11 is 0. The summed E-state index contributed by atoms with van der Waals surface area (Å²) in [6.07, 6.45) is 0.909. The van der Waals surface area contributed by atoms with Crippen LogP contribution in [0.25, 0.3) is 0 Å². The molecule has 0 fully saturated rings. The second-order valence-electron chi connectivity index (χ2n) is 3.79. The predicted molar refractivity (Wildman–Crippen MR) is 64.8 cm³/mol. The van der Waals surface area contributed by atoms with Crippen LogP contribution in [-0.4, -0.2) is 25.1 Å². The first-order valence-electron chi connectivity index (χ1n) is 5.22. The molecule has 5 nitrogen and oxygen atoms in total. The van der Waals surface area contributed by atoms with E-state index in [0.717, 1.165) is 18.7 Å². The van der Waals surface area contributed by atoms with Gasteiger partial charge >= 0.3 is 0 Å². The molecule has 0 saturated carbocycles. The Kier molecular flexibility index (Phi) is 4.25. The zero-order valence-electron chi connectivity index (χ0n) is 9.64. The lowest BCUT2D eigenvalue weighted by molar-refractivity contribution is -0.385. The van der Waals surface area contributed by atoms with Gasteiger partial charge in [-0.15, -0.1) is 0 Å². The summed E-state index contributed by atoms with van der Waals surface area (Å²) in [6.45, 7) is 3.25. The van der Waals surface area contributed by atoms with Crippen molar-refractivity contribution in [1.82, 2.24) is 0 Å². The lowest BCUT2D eigenvalue weighted by atomic mass is 10.1. The Morgan fingerprint density at radius 3 is 2.69 bits per heavy atom. The van der Waals surface area contributed by atoms with Crippen LogP contribution in [0.5, 0.6) is 0 Å². The Bertz CT molecular complexity index is 379. The molecule has 5 heteroatoms. The highest BCUT2D eigenvalue weighted by Crippen LogP contribution is 2.23. The van der Waals surface area contributed by atoms with E-state index < -0.39 is 0 Å². The zero-order chi connectivity index (χ0) is 12.1. The number of rotatable bonds is 5. The maximum Gasteiger partial charge on any atom is 0.272 e. The molecule has 0 aromatic heterocycles. The van der Waals surface area contributed by atoms with E-state index in [1.54, 1.807) is 19.1 Å². The fourth-order valence-electron chi connectivity index (χ4n) is 1.54. The first kappa shape index (κ1) is 12.4. The normalized spacial score (nSPS) is 10.2. The molecule has 1 rings (SSSR count). The third-order valence-corrected chi connectivity index (χ3v) is 2.52. The summed E-state index contributed by atoms with van der Waals surface area (Å²) in [7, 11) is 1.95. The second kappa shape index (κ2) is 5.46. The topological polar surface area (TPSA) is 72.4 Å². The van der Waals surface area contributed by atoms with Gasteiger partial charge < -0.3 is 10.6 Å².